The molecule has 0 saturated heterocycles. The standard InChI is InChI=1S/C12H20N2O2/c13-11(15)3-1-2-4-14-12(16)10-6-8-5-9(8)7-10/h8-10H,1-7H2,(H2,13,15)(H,14,16). The normalized spacial score (nSPS) is 30.9. The minimum atomic E-state index is -0.262. The quantitative estimate of drug-likeness (QED) is 0.655. The number of nitrogens with one attached hydrogen (secondary N) is 1. The highest BCUT2D eigenvalue weighted by molar-refractivity contribution is 5.79. The van der Waals surface area contributed by atoms with Gasteiger partial charge >= 0.3 is 0 Å². The molecule has 2 amide bonds. The van der Waals surface area contributed by atoms with Crippen LogP contribution in [0.25, 0.3) is 0 Å². The van der Waals surface area contributed by atoms with Crippen molar-refractivity contribution in [1.82, 2.24) is 5.32 Å². The molecule has 2 atom stereocenters. The van der Waals surface area contributed by atoms with Gasteiger partial charge in [0.1, 0.15) is 0 Å². The lowest BCUT2D eigenvalue weighted by Gasteiger charge is -2.11. The molecule has 2 saturated carbocycles. The van der Waals surface area contributed by atoms with Crippen LogP contribution in [0.5, 0.6) is 0 Å². The monoisotopic (exact) mass is 224 g/mol. The predicted molar refractivity (Wildman–Crippen MR) is 60.4 cm³/mol. The van der Waals surface area contributed by atoms with Crippen LogP contribution in [0.3, 0.4) is 0 Å². The second-order valence-electron chi connectivity index (χ2n) is 5.14. The topological polar surface area (TPSA) is 72.2 Å². The SMILES string of the molecule is NC(=O)CCCCNC(=O)C1CC2CC2C1. The fourth-order valence-electron chi connectivity index (χ4n) is 2.71. The maximum atomic E-state index is 11.7. The molecule has 2 rings (SSSR count). The molecule has 3 N–H and O–H groups in total. The summed E-state index contributed by atoms with van der Waals surface area (Å²) in [5.41, 5.74) is 5.03. The molecule has 2 aliphatic rings. The molecule has 0 aromatic carbocycles. The fourth-order valence-corrected chi connectivity index (χ4v) is 2.71. The number of hydrogen-bond acceptors (Lipinski definition) is 2. The molecule has 4 heteroatoms. The van der Waals surface area contributed by atoms with E-state index in [9.17, 15) is 9.59 Å². The van der Waals surface area contributed by atoms with Gasteiger partial charge in [-0.3, -0.25) is 9.59 Å². The van der Waals surface area contributed by atoms with E-state index in [-0.39, 0.29) is 17.7 Å². The van der Waals surface area contributed by atoms with Gasteiger partial charge in [-0.05, 0) is 43.9 Å². The molecule has 4 nitrogen and oxygen atoms in total. The van der Waals surface area contributed by atoms with Gasteiger partial charge in [0, 0.05) is 18.9 Å². The van der Waals surface area contributed by atoms with Crippen LogP contribution in [0.1, 0.15) is 38.5 Å². The van der Waals surface area contributed by atoms with Gasteiger partial charge in [0.25, 0.3) is 0 Å². The third kappa shape index (κ3) is 2.97. The number of primary amides is 1. The van der Waals surface area contributed by atoms with Crippen LogP contribution in [0.2, 0.25) is 0 Å². The third-order valence-corrected chi connectivity index (χ3v) is 3.76. The van der Waals surface area contributed by atoms with Crippen LogP contribution in [-0.2, 0) is 9.59 Å². The number of unbranched alkanes of at least 4 members (excludes halogenated alkanes) is 1. The number of carbonyl (C=O) groups excluding carboxylic acids is 2. The highest BCUT2D eigenvalue weighted by atomic mass is 16.2. The minimum absolute atomic E-state index is 0.214. The summed E-state index contributed by atoms with van der Waals surface area (Å²) in [5.74, 6) is 1.92. The van der Waals surface area contributed by atoms with Crippen molar-refractivity contribution in [3.8, 4) is 0 Å². The maximum absolute atomic E-state index is 11.7. The Bertz CT molecular complexity index is 281. The van der Waals surface area contributed by atoms with Crippen molar-refractivity contribution in [2.45, 2.75) is 38.5 Å². The Morgan fingerprint density at radius 1 is 1.12 bits per heavy atom. The summed E-state index contributed by atoms with van der Waals surface area (Å²) in [6, 6.07) is 0. The molecule has 0 aromatic rings. The van der Waals surface area contributed by atoms with Crippen molar-refractivity contribution in [3.63, 3.8) is 0 Å². The van der Waals surface area contributed by atoms with Crippen molar-refractivity contribution in [2.75, 3.05) is 6.54 Å². The molecule has 0 heterocycles. The van der Waals surface area contributed by atoms with Gasteiger partial charge in [-0.1, -0.05) is 0 Å². The first-order chi connectivity index (χ1) is 7.66. The second kappa shape index (κ2) is 4.85. The average molecular weight is 224 g/mol. The minimum Gasteiger partial charge on any atom is -0.370 e. The summed E-state index contributed by atoms with van der Waals surface area (Å²) >= 11 is 0. The Morgan fingerprint density at radius 3 is 2.44 bits per heavy atom. The Morgan fingerprint density at radius 2 is 1.81 bits per heavy atom. The molecule has 0 aliphatic heterocycles. The fraction of sp³-hybridized carbons (Fsp3) is 0.833. The number of amides is 2. The summed E-state index contributed by atoms with van der Waals surface area (Å²) in [6.45, 7) is 0.679. The lowest BCUT2D eigenvalue weighted by Crippen LogP contribution is -2.30. The van der Waals surface area contributed by atoms with Crippen molar-refractivity contribution in [3.05, 3.63) is 0 Å². The number of rotatable bonds is 6. The highest BCUT2D eigenvalue weighted by Gasteiger charge is 2.47. The Balaban J connectivity index is 1.52. The van der Waals surface area contributed by atoms with Crippen LogP contribution >= 0.6 is 0 Å². The second-order valence-corrected chi connectivity index (χ2v) is 5.14. The summed E-state index contributed by atoms with van der Waals surface area (Å²) in [4.78, 5) is 22.2. The van der Waals surface area contributed by atoms with Gasteiger partial charge in [0.05, 0.1) is 0 Å². The molecular formula is C12H20N2O2. The van der Waals surface area contributed by atoms with Gasteiger partial charge in [-0.2, -0.15) is 0 Å². The van der Waals surface area contributed by atoms with E-state index in [1.807, 2.05) is 0 Å². The Kier molecular flexibility index (Phi) is 3.46. The van der Waals surface area contributed by atoms with Crippen LogP contribution in [0, 0.1) is 17.8 Å². The molecule has 2 fully saturated rings. The molecule has 0 aromatic heterocycles. The zero-order valence-corrected chi connectivity index (χ0v) is 9.58. The van der Waals surface area contributed by atoms with Crippen molar-refractivity contribution in [2.24, 2.45) is 23.5 Å². The van der Waals surface area contributed by atoms with Crippen LogP contribution < -0.4 is 11.1 Å². The van der Waals surface area contributed by atoms with E-state index in [4.69, 9.17) is 5.73 Å². The van der Waals surface area contributed by atoms with Crippen molar-refractivity contribution >= 4 is 11.8 Å². The summed E-state index contributed by atoms with van der Waals surface area (Å²) in [6.07, 6.45) is 5.57. The van der Waals surface area contributed by atoms with E-state index in [1.54, 1.807) is 0 Å². The third-order valence-electron chi connectivity index (χ3n) is 3.76. The van der Waals surface area contributed by atoms with Gasteiger partial charge in [0.2, 0.25) is 11.8 Å². The summed E-state index contributed by atoms with van der Waals surface area (Å²) < 4.78 is 0. The summed E-state index contributed by atoms with van der Waals surface area (Å²) in [7, 11) is 0. The molecule has 0 spiro atoms. The van der Waals surface area contributed by atoms with E-state index >= 15 is 0 Å². The molecule has 16 heavy (non-hydrogen) atoms. The Hall–Kier alpha value is -1.06. The largest absolute Gasteiger partial charge is 0.370 e. The Labute approximate surface area is 96.0 Å². The van der Waals surface area contributed by atoms with E-state index in [2.05, 4.69) is 5.32 Å². The number of carbonyl (C=O) groups is 2. The maximum Gasteiger partial charge on any atom is 0.223 e. The number of fused-ring (bicyclic) bond motifs is 1. The van der Waals surface area contributed by atoms with E-state index in [0.29, 0.717) is 13.0 Å². The average Bonchev–Trinajstić information content (AvgIpc) is 2.84. The van der Waals surface area contributed by atoms with Crippen LogP contribution in [0.4, 0.5) is 0 Å². The molecule has 0 radical (unpaired) electrons. The zero-order valence-electron chi connectivity index (χ0n) is 9.58. The van der Waals surface area contributed by atoms with Gasteiger partial charge in [0.15, 0.2) is 0 Å². The zero-order chi connectivity index (χ0) is 11.5. The van der Waals surface area contributed by atoms with E-state index in [0.717, 1.165) is 37.5 Å². The van der Waals surface area contributed by atoms with Crippen LogP contribution in [-0.4, -0.2) is 18.4 Å². The lowest BCUT2D eigenvalue weighted by molar-refractivity contribution is -0.125. The van der Waals surface area contributed by atoms with Crippen molar-refractivity contribution in [1.29, 1.82) is 0 Å². The molecule has 2 aliphatic carbocycles. The van der Waals surface area contributed by atoms with E-state index in [1.165, 1.54) is 6.42 Å². The number of nitrogens with two attached hydrogens (primary N) is 1. The highest BCUT2D eigenvalue weighted by Crippen LogP contribution is 2.54. The molecule has 2 unspecified atom stereocenters. The predicted octanol–water partition coefficient (Wildman–Crippen LogP) is 0.804. The molecular weight excluding hydrogens is 204 g/mol. The van der Waals surface area contributed by atoms with Gasteiger partial charge in [-0.25, -0.2) is 0 Å². The van der Waals surface area contributed by atoms with Gasteiger partial charge < -0.3 is 11.1 Å². The van der Waals surface area contributed by atoms with E-state index < -0.39 is 0 Å². The van der Waals surface area contributed by atoms with Crippen LogP contribution in [0.15, 0.2) is 0 Å². The first kappa shape index (κ1) is 11.4. The molecule has 90 valence electrons. The number of hydrogen-bond donors (Lipinski definition) is 2. The summed E-state index contributed by atoms with van der Waals surface area (Å²) in [5, 5.41) is 2.95. The smallest absolute Gasteiger partial charge is 0.223 e. The van der Waals surface area contributed by atoms with Crippen molar-refractivity contribution < 1.29 is 9.59 Å². The first-order valence-electron chi connectivity index (χ1n) is 6.23. The lowest BCUT2D eigenvalue weighted by atomic mass is 10.0. The van der Waals surface area contributed by atoms with Gasteiger partial charge in [-0.15, -0.1) is 0 Å². The first-order valence-corrected chi connectivity index (χ1v) is 6.23. The molecule has 0 bridgehead atoms.